The predicted octanol–water partition coefficient (Wildman–Crippen LogP) is 5.01. The topological polar surface area (TPSA) is 54.5 Å². The van der Waals surface area contributed by atoms with Crippen LogP contribution in [-0.2, 0) is 5.75 Å². The number of thiazole rings is 1. The summed E-state index contributed by atoms with van der Waals surface area (Å²) in [6, 6.07) is 6.15. The van der Waals surface area contributed by atoms with Crippen LogP contribution in [0.15, 0.2) is 44.9 Å². The first kappa shape index (κ1) is 14.1. The van der Waals surface area contributed by atoms with E-state index in [9.17, 15) is 0 Å². The molecule has 0 aliphatic carbocycles. The van der Waals surface area contributed by atoms with Gasteiger partial charge in [0, 0.05) is 22.1 Å². The Morgan fingerprint density at radius 2 is 2.09 bits per heavy atom. The van der Waals surface area contributed by atoms with Crippen molar-refractivity contribution in [2.45, 2.75) is 10.9 Å². The normalized spacial score (nSPS) is 11.1. The van der Waals surface area contributed by atoms with Gasteiger partial charge in [-0.1, -0.05) is 17.8 Å². The molecule has 0 aromatic carbocycles. The van der Waals surface area contributed by atoms with Gasteiger partial charge in [-0.25, -0.2) is 9.97 Å². The van der Waals surface area contributed by atoms with E-state index in [-0.39, 0.29) is 0 Å². The van der Waals surface area contributed by atoms with Gasteiger partial charge >= 0.3 is 0 Å². The third-order valence-corrected chi connectivity index (χ3v) is 6.27. The smallest absolute Gasteiger partial charge is 0.209 e. The zero-order valence-electron chi connectivity index (χ0n) is 11.2. The highest BCUT2D eigenvalue weighted by Crippen LogP contribution is 2.29. The van der Waals surface area contributed by atoms with Crippen molar-refractivity contribution < 1.29 is 0 Å². The number of H-pyrrole nitrogens is 1. The predicted molar refractivity (Wildman–Crippen MR) is 94.7 cm³/mol. The van der Waals surface area contributed by atoms with Crippen molar-refractivity contribution in [2.24, 2.45) is 0 Å². The van der Waals surface area contributed by atoms with Gasteiger partial charge in [-0.05, 0) is 22.9 Å². The van der Waals surface area contributed by atoms with Crippen molar-refractivity contribution >= 4 is 45.8 Å². The summed E-state index contributed by atoms with van der Waals surface area (Å²) in [6.07, 6.45) is 0. The van der Waals surface area contributed by atoms with Crippen LogP contribution >= 0.6 is 45.8 Å². The van der Waals surface area contributed by atoms with E-state index in [2.05, 4.69) is 42.4 Å². The first-order valence-electron chi connectivity index (χ1n) is 6.44. The lowest BCUT2D eigenvalue weighted by atomic mass is 10.4. The lowest BCUT2D eigenvalue weighted by molar-refractivity contribution is 0.972. The number of aromatic nitrogens is 4. The van der Waals surface area contributed by atoms with E-state index >= 15 is 0 Å². The van der Waals surface area contributed by atoms with E-state index < -0.39 is 0 Å². The van der Waals surface area contributed by atoms with E-state index in [1.165, 1.54) is 5.56 Å². The fourth-order valence-electron chi connectivity index (χ4n) is 1.86. The molecule has 0 amide bonds. The number of hydrogen-bond donors (Lipinski definition) is 1. The second kappa shape index (κ2) is 6.33. The average Bonchev–Trinajstić information content (AvgIpc) is 3.33. The molecule has 22 heavy (non-hydrogen) atoms. The summed E-state index contributed by atoms with van der Waals surface area (Å²) in [4.78, 5) is 10.3. The van der Waals surface area contributed by atoms with Crippen LogP contribution in [0.2, 0.25) is 0 Å². The number of aromatic amines is 1. The molecule has 0 saturated heterocycles. The van der Waals surface area contributed by atoms with Crippen LogP contribution in [0.25, 0.3) is 21.3 Å². The maximum absolute atomic E-state index is 4.67. The molecule has 110 valence electrons. The van der Waals surface area contributed by atoms with Gasteiger partial charge in [-0.2, -0.15) is 11.3 Å². The molecule has 4 aromatic heterocycles. The molecule has 4 rings (SSSR count). The second-order valence-electron chi connectivity index (χ2n) is 4.39. The van der Waals surface area contributed by atoms with E-state index in [0.717, 1.165) is 32.3 Å². The fraction of sp³-hybridized carbons (Fsp3) is 0.0714. The monoisotopic (exact) mass is 362 g/mol. The SMILES string of the molecule is c1csc(-c2nc(SCc3csc(-c4ccsc4)n3)n[nH]2)c1. The maximum atomic E-state index is 4.67. The molecule has 4 aromatic rings. The minimum atomic E-state index is 0.758. The van der Waals surface area contributed by atoms with Gasteiger partial charge in [0.05, 0.1) is 10.6 Å². The minimum Gasteiger partial charge on any atom is -0.257 e. The number of nitrogens with zero attached hydrogens (tertiary/aromatic N) is 3. The van der Waals surface area contributed by atoms with E-state index in [4.69, 9.17) is 0 Å². The molecule has 0 unspecified atom stereocenters. The Labute approximate surface area is 143 Å². The molecule has 4 heterocycles. The lowest BCUT2D eigenvalue weighted by Crippen LogP contribution is -1.82. The second-order valence-corrected chi connectivity index (χ2v) is 7.92. The van der Waals surface area contributed by atoms with Crippen molar-refractivity contribution in [1.82, 2.24) is 20.2 Å². The molecular formula is C14H10N4S4. The molecule has 1 N–H and O–H groups in total. The zero-order valence-corrected chi connectivity index (χ0v) is 14.5. The van der Waals surface area contributed by atoms with Gasteiger partial charge < -0.3 is 0 Å². The van der Waals surface area contributed by atoms with E-state index in [0.29, 0.717) is 0 Å². The van der Waals surface area contributed by atoms with Crippen molar-refractivity contribution in [2.75, 3.05) is 0 Å². The Bertz CT molecular complexity index is 773. The van der Waals surface area contributed by atoms with Crippen LogP contribution < -0.4 is 0 Å². The van der Waals surface area contributed by atoms with Crippen LogP contribution in [0.4, 0.5) is 0 Å². The van der Waals surface area contributed by atoms with Crippen molar-refractivity contribution in [3.05, 3.63) is 45.4 Å². The first-order valence-corrected chi connectivity index (χ1v) is 10.1. The molecule has 0 aliphatic rings. The van der Waals surface area contributed by atoms with E-state index in [1.54, 1.807) is 45.8 Å². The largest absolute Gasteiger partial charge is 0.257 e. The molecule has 0 radical (unpaired) electrons. The third-order valence-electron chi connectivity index (χ3n) is 2.89. The summed E-state index contributed by atoms with van der Waals surface area (Å²) in [5.74, 6) is 1.61. The number of nitrogens with one attached hydrogen (secondary N) is 1. The van der Waals surface area contributed by atoms with Crippen LogP contribution in [0.1, 0.15) is 5.69 Å². The minimum absolute atomic E-state index is 0.758. The molecule has 0 spiro atoms. The molecule has 0 fully saturated rings. The maximum Gasteiger partial charge on any atom is 0.209 e. The Morgan fingerprint density at radius 3 is 2.91 bits per heavy atom. The first-order chi connectivity index (χ1) is 10.9. The quantitative estimate of drug-likeness (QED) is 0.507. The Hall–Kier alpha value is -1.48. The summed E-state index contributed by atoms with van der Waals surface area (Å²) < 4.78 is 0. The molecule has 0 saturated carbocycles. The Kier molecular flexibility index (Phi) is 4.07. The van der Waals surface area contributed by atoms with Crippen LogP contribution in [0.5, 0.6) is 0 Å². The van der Waals surface area contributed by atoms with Gasteiger partial charge in [0.15, 0.2) is 5.82 Å². The fourth-order valence-corrected chi connectivity index (χ4v) is 4.86. The Morgan fingerprint density at radius 1 is 1.09 bits per heavy atom. The van der Waals surface area contributed by atoms with Gasteiger partial charge in [-0.15, -0.1) is 27.8 Å². The van der Waals surface area contributed by atoms with Crippen molar-refractivity contribution in [3.8, 4) is 21.3 Å². The zero-order chi connectivity index (χ0) is 14.8. The molecule has 0 bridgehead atoms. The lowest BCUT2D eigenvalue weighted by Gasteiger charge is -1.92. The Balaban J connectivity index is 1.43. The highest BCUT2D eigenvalue weighted by atomic mass is 32.2. The van der Waals surface area contributed by atoms with E-state index in [1.807, 2.05) is 17.5 Å². The average molecular weight is 363 g/mol. The summed E-state index contributed by atoms with van der Waals surface area (Å²) >= 11 is 6.63. The molecular weight excluding hydrogens is 352 g/mol. The molecule has 0 aliphatic heterocycles. The molecule has 4 nitrogen and oxygen atoms in total. The third kappa shape index (κ3) is 3.00. The summed E-state index contributed by atoms with van der Waals surface area (Å²) in [5, 5.41) is 17.4. The van der Waals surface area contributed by atoms with Crippen LogP contribution in [-0.4, -0.2) is 20.2 Å². The van der Waals surface area contributed by atoms with Crippen molar-refractivity contribution in [3.63, 3.8) is 0 Å². The highest BCUT2D eigenvalue weighted by molar-refractivity contribution is 7.98. The van der Waals surface area contributed by atoms with Gasteiger partial charge in [0.2, 0.25) is 5.16 Å². The molecule has 8 heteroatoms. The van der Waals surface area contributed by atoms with Gasteiger partial charge in [-0.3, -0.25) is 5.10 Å². The van der Waals surface area contributed by atoms with Crippen molar-refractivity contribution in [1.29, 1.82) is 0 Å². The number of thioether (sulfide) groups is 1. The number of hydrogen-bond acceptors (Lipinski definition) is 7. The summed E-state index contributed by atoms with van der Waals surface area (Å²) in [5.41, 5.74) is 2.27. The standard InChI is InChI=1S/C14H10N4S4/c1-2-11(20-4-1)12-16-14(18-17-12)22-8-10-7-21-13(15-10)9-3-5-19-6-9/h1-7H,8H2,(H,16,17,18). The number of thiophene rings is 2. The summed E-state index contributed by atoms with van der Waals surface area (Å²) in [7, 11) is 0. The molecule has 0 atom stereocenters. The number of rotatable bonds is 5. The van der Waals surface area contributed by atoms with Gasteiger partial charge in [0.25, 0.3) is 0 Å². The highest BCUT2D eigenvalue weighted by Gasteiger charge is 2.09. The van der Waals surface area contributed by atoms with Crippen LogP contribution in [0.3, 0.4) is 0 Å². The van der Waals surface area contributed by atoms with Gasteiger partial charge in [0.1, 0.15) is 5.01 Å². The van der Waals surface area contributed by atoms with Crippen LogP contribution in [0, 0.1) is 0 Å². The summed E-state index contributed by atoms with van der Waals surface area (Å²) in [6.45, 7) is 0.